The molecule has 0 aliphatic heterocycles. The number of fused-ring (bicyclic) bond motifs is 1. The number of benzene rings is 1. The molecule has 0 N–H and O–H groups in total. The molecule has 0 atom stereocenters. The van der Waals surface area contributed by atoms with Crippen LogP contribution in [0.3, 0.4) is 0 Å². The van der Waals surface area contributed by atoms with Gasteiger partial charge >= 0.3 is 5.97 Å². The molecule has 1 aromatic heterocycles. The van der Waals surface area contributed by atoms with Crippen LogP contribution >= 0.6 is 0 Å². The highest BCUT2D eigenvalue weighted by Crippen LogP contribution is 2.15. The molecule has 5 nitrogen and oxygen atoms in total. The van der Waals surface area contributed by atoms with Gasteiger partial charge in [0.15, 0.2) is 11.6 Å². The third kappa shape index (κ3) is 3.42. The van der Waals surface area contributed by atoms with Crippen molar-refractivity contribution in [2.24, 2.45) is 0 Å². The Hall–Kier alpha value is -2.31. The molecule has 0 bridgehead atoms. The zero-order valence-corrected chi connectivity index (χ0v) is 11.8. The molecule has 0 fully saturated rings. The Balaban J connectivity index is 2.48. The van der Waals surface area contributed by atoms with Gasteiger partial charge < -0.3 is 4.74 Å². The Morgan fingerprint density at radius 1 is 1.29 bits per heavy atom. The van der Waals surface area contributed by atoms with Crippen LogP contribution in [-0.4, -0.2) is 21.1 Å². The monoisotopic (exact) mass is 296 g/mol. The van der Waals surface area contributed by atoms with Crippen molar-refractivity contribution in [1.82, 2.24) is 9.55 Å². The molecule has 0 spiro atoms. The van der Waals surface area contributed by atoms with Gasteiger partial charge in [-0.1, -0.05) is 0 Å². The number of esters is 1. The summed E-state index contributed by atoms with van der Waals surface area (Å²) in [7, 11) is 0. The first-order chi connectivity index (χ1) is 9.67. The van der Waals surface area contributed by atoms with E-state index in [1.165, 1.54) is 0 Å². The van der Waals surface area contributed by atoms with Crippen LogP contribution in [0, 0.1) is 11.6 Å². The fourth-order valence-corrected chi connectivity index (χ4v) is 1.82. The summed E-state index contributed by atoms with van der Waals surface area (Å²) in [5.74, 6) is -2.84. The lowest BCUT2D eigenvalue weighted by Gasteiger charge is -2.20. The van der Waals surface area contributed by atoms with E-state index in [-0.39, 0.29) is 11.0 Å². The molecular weight excluding hydrogens is 282 g/mol. The van der Waals surface area contributed by atoms with Gasteiger partial charge in [-0.05, 0) is 20.8 Å². The number of carbonyl (C=O) groups is 1. The van der Waals surface area contributed by atoms with E-state index in [0.717, 1.165) is 22.9 Å². The number of rotatable bonds is 2. The van der Waals surface area contributed by atoms with Gasteiger partial charge in [-0.2, -0.15) is 0 Å². The summed E-state index contributed by atoms with van der Waals surface area (Å²) in [4.78, 5) is 27.3. The fourth-order valence-electron chi connectivity index (χ4n) is 1.82. The standard InChI is InChI=1S/C14H14F2N2O3/c1-14(2,3)21-13(20)7-18-11-5-9(16)8(15)4-10(11)17-6-12(18)19/h4-6H,7H2,1-3H3. The van der Waals surface area contributed by atoms with Crippen LogP contribution in [0.4, 0.5) is 8.78 Å². The Kier molecular flexibility index (Phi) is 3.76. The molecule has 0 saturated carbocycles. The van der Waals surface area contributed by atoms with Gasteiger partial charge in [0.2, 0.25) is 0 Å². The van der Waals surface area contributed by atoms with E-state index in [9.17, 15) is 18.4 Å². The molecule has 0 amide bonds. The Labute approximate surface area is 119 Å². The van der Waals surface area contributed by atoms with Crippen molar-refractivity contribution >= 4 is 17.0 Å². The van der Waals surface area contributed by atoms with Gasteiger partial charge in [-0.3, -0.25) is 14.2 Å². The van der Waals surface area contributed by atoms with E-state index in [4.69, 9.17) is 4.74 Å². The van der Waals surface area contributed by atoms with E-state index in [1.54, 1.807) is 20.8 Å². The van der Waals surface area contributed by atoms with Gasteiger partial charge in [0.1, 0.15) is 12.1 Å². The molecular formula is C14H14F2N2O3. The Bertz CT molecular complexity index is 763. The van der Waals surface area contributed by atoms with E-state index < -0.39 is 35.3 Å². The maximum Gasteiger partial charge on any atom is 0.326 e. The number of hydrogen-bond acceptors (Lipinski definition) is 4. The third-order valence-corrected chi connectivity index (χ3v) is 2.60. The lowest BCUT2D eigenvalue weighted by atomic mass is 10.2. The molecule has 2 aromatic rings. The van der Waals surface area contributed by atoms with Gasteiger partial charge in [-0.25, -0.2) is 13.8 Å². The second kappa shape index (κ2) is 5.23. The second-order valence-electron chi connectivity index (χ2n) is 5.52. The van der Waals surface area contributed by atoms with Crippen molar-refractivity contribution < 1.29 is 18.3 Å². The maximum absolute atomic E-state index is 13.3. The van der Waals surface area contributed by atoms with Crippen LogP contribution in [0.25, 0.3) is 11.0 Å². The molecule has 0 unspecified atom stereocenters. The minimum absolute atomic E-state index is 0.0345. The highest BCUT2D eigenvalue weighted by atomic mass is 19.2. The lowest BCUT2D eigenvalue weighted by molar-refractivity contribution is -0.155. The molecule has 0 radical (unpaired) electrons. The molecule has 0 aliphatic rings. The van der Waals surface area contributed by atoms with Crippen LogP contribution < -0.4 is 5.56 Å². The van der Waals surface area contributed by atoms with Crippen molar-refractivity contribution in [2.75, 3.05) is 0 Å². The molecule has 1 aromatic carbocycles. The maximum atomic E-state index is 13.3. The number of ether oxygens (including phenoxy) is 1. The van der Waals surface area contributed by atoms with Crippen molar-refractivity contribution in [3.63, 3.8) is 0 Å². The molecule has 112 valence electrons. The number of nitrogens with zero attached hydrogens (tertiary/aromatic N) is 2. The summed E-state index contributed by atoms with van der Waals surface area (Å²) in [6, 6.07) is 1.71. The third-order valence-electron chi connectivity index (χ3n) is 2.60. The molecule has 1 heterocycles. The minimum Gasteiger partial charge on any atom is -0.459 e. The topological polar surface area (TPSA) is 61.2 Å². The second-order valence-corrected chi connectivity index (χ2v) is 5.52. The van der Waals surface area contributed by atoms with Crippen molar-refractivity contribution in [1.29, 1.82) is 0 Å². The van der Waals surface area contributed by atoms with Crippen LogP contribution in [0.15, 0.2) is 23.1 Å². The quantitative estimate of drug-likeness (QED) is 0.795. The Morgan fingerprint density at radius 2 is 1.90 bits per heavy atom. The zero-order valence-electron chi connectivity index (χ0n) is 11.8. The van der Waals surface area contributed by atoms with Gasteiger partial charge in [-0.15, -0.1) is 0 Å². The number of aromatic nitrogens is 2. The highest BCUT2D eigenvalue weighted by molar-refractivity contribution is 5.77. The number of halogens is 2. The first-order valence-electron chi connectivity index (χ1n) is 6.24. The molecule has 2 rings (SSSR count). The summed E-state index contributed by atoms with van der Waals surface area (Å²) in [6.45, 7) is 4.66. The van der Waals surface area contributed by atoms with Crippen LogP contribution in [0.2, 0.25) is 0 Å². The van der Waals surface area contributed by atoms with Gasteiger partial charge in [0, 0.05) is 12.1 Å². The van der Waals surface area contributed by atoms with Crippen molar-refractivity contribution in [2.45, 2.75) is 32.9 Å². The lowest BCUT2D eigenvalue weighted by Crippen LogP contribution is -2.30. The molecule has 0 saturated heterocycles. The molecule has 7 heteroatoms. The largest absolute Gasteiger partial charge is 0.459 e. The summed E-state index contributed by atoms with van der Waals surface area (Å²) in [5.41, 5.74) is -1.19. The number of hydrogen-bond donors (Lipinski definition) is 0. The van der Waals surface area contributed by atoms with E-state index in [2.05, 4.69) is 4.98 Å². The summed E-state index contributed by atoms with van der Waals surface area (Å²) in [5, 5.41) is 0. The first-order valence-corrected chi connectivity index (χ1v) is 6.24. The number of carbonyl (C=O) groups excluding carboxylic acids is 1. The van der Waals surface area contributed by atoms with Crippen LogP contribution in [-0.2, 0) is 16.1 Å². The van der Waals surface area contributed by atoms with E-state index in [1.807, 2.05) is 0 Å². The molecule has 21 heavy (non-hydrogen) atoms. The van der Waals surface area contributed by atoms with E-state index >= 15 is 0 Å². The van der Waals surface area contributed by atoms with Crippen LogP contribution in [0.5, 0.6) is 0 Å². The fraction of sp³-hybridized carbons (Fsp3) is 0.357. The Morgan fingerprint density at radius 3 is 2.52 bits per heavy atom. The normalized spacial score (nSPS) is 11.7. The summed E-state index contributed by atoms with van der Waals surface area (Å²) >= 11 is 0. The first kappa shape index (κ1) is 15.1. The van der Waals surface area contributed by atoms with Gasteiger partial charge in [0.05, 0.1) is 17.2 Å². The van der Waals surface area contributed by atoms with Crippen molar-refractivity contribution in [3.05, 3.63) is 40.3 Å². The van der Waals surface area contributed by atoms with Gasteiger partial charge in [0.25, 0.3) is 5.56 Å². The van der Waals surface area contributed by atoms with Crippen molar-refractivity contribution in [3.8, 4) is 0 Å². The highest BCUT2D eigenvalue weighted by Gasteiger charge is 2.18. The smallest absolute Gasteiger partial charge is 0.326 e. The predicted octanol–water partition coefficient (Wildman–Crippen LogP) is 2.02. The van der Waals surface area contributed by atoms with Crippen LogP contribution in [0.1, 0.15) is 20.8 Å². The van der Waals surface area contributed by atoms with E-state index in [0.29, 0.717) is 0 Å². The summed E-state index contributed by atoms with van der Waals surface area (Å²) in [6.07, 6.45) is 0.948. The minimum atomic E-state index is -1.12. The summed E-state index contributed by atoms with van der Waals surface area (Å²) < 4.78 is 32.6. The molecule has 0 aliphatic carbocycles. The zero-order chi connectivity index (χ0) is 15.8. The SMILES string of the molecule is CC(C)(C)OC(=O)Cn1c(=O)cnc2cc(F)c(F)cc21. The average molecular weight is 296 g/mol. The predicted molar refractivity (Wildman–Crippen MR) is 71.8 cm³/mol. The average Bonchev–Trinajstić information content (AvgIpc) is 2.33.